The Morgan fingerprint density at radius 2 is 2.44 bits per heavy atom. The number of hydrogen-bond acceptors (Lipinski definition) is 3. The van der Waals surface area contributed by atoms with Gasteiger partial charge in [-0.3, -0.25) is 9.48 Å². The van der Waals surface area contributed by atoms with Gasteiger partial charge in [0.1, 0.15) is 5.69 Å². The minimum Gasteiger partial charge on any atom is -0.350 e. The summed E-state index contributed by atoms with van der Waals surface area (Å²) in [5.74, 6) is 0.510. The van der Waals surface area contributed by atoms with Crippen molar-refractivity contribution < 1.29 is 4.79 Å². The largest absolute Gasteiger partial charge is 0.350 e. The number of aromatic nitrogens is 2. The highest BCUT2D eigenvalue weighted by molar-refractivity contribution is 5.92. The Balaban J connectivity index is 1.79. The predicted molar refractivity (Wildman–Crippen MR) is 70.4 cm³/mol. The highest BCUT2D eigenvalue weighted by Gasteiger charge is 2.19. The minimum absolute atomic E-state index is 0.0655. The number of aryl methyl sites for hydroxylation is 1. The molecule has 5 heteroatoms. The van der Waals surface area contributed by atoms with Gasteiger partial charge < -0.3 is 10.2 Å². The lowest BCUT2D eigenvalue weighted by atomic mass is 9.98. The average molecular weight is 250 g/mol. The predicted octanol–water partition coefficient (Wildman–Crippen LogP) is 0.882. The van der Waals surface area contributed by atoms with Crippen molar-refractivity contribution in [3.8, 4) is 0 Å². The maximum absolute atomic E-state index is 11.9. The normalized spacial score (nSPS) is 20.9. The van der Waals surface area contributed by atoms with E-state index in [1.807, 2.05) is 7.05 Å². The van der Waals surface area contributed by atoms with E-state index in [2.05, 4.69) is 22.2 Å². The van der Waals surface area contributed by atoms with Gasteiger partial charge in [-0.25, -0.2) is 0 Å². The van der Waals surface area contributed by atoms with Gasteiger partial charge in [-0.05, 0) is 37.9 Å². The second kappa shape index (κ2) is 6.00. The maximum Gasteiger partial charge on any atom is 0.271 e. The first kappa shape index (κ1) is 13.1. The summed E-state index contributed by atoms with van der Waals surface area (Å²) in [5.41, 5.74) is 0.501. The molecule has 18 heavy (non-hydrogen) atoms. The number of carbonyl (C=O) groups is 1. The molecule has 1 saturated heterocycles. The number of nitrogens with one attached hydrogen (secondary N) is 1. The lowest BCUT2D eigenvalue weighted by Gasteiger charge is -2.31. The molecule has 0 radical (unpaired) electrons. The highest BCUT2D eigenvalue weighted by atomic mass is 16.1. The van der Waals surface area contributed by atoms with Gasteiger partial charge >= 0.3 is 0 Å². The summed E-state index contributed by atoms with van der Waals surface area (Å²) in [5, 5.41) is 7.08. The monoisotopic (exact) mass is 250 g/mol. The molecule has 0 aromatic carbocycles. The zero-order valence-corrected chi connectivity index (χ0v) is 11.2. The molecule has 1 fully saturated rings. The van der Waals surface area contributed by atoms with Crippen molar-refractivity contribution in [2.45, 2.75) is 19.8 Å². The van der Waals surface area contributed by atoms with Crippen LogP contribution in [0.1, 0.15) is 30.3 Å². The van der Waals surface area contributed by atoms with Crippen LogP contribution < -0.4 is 5.32 Å². The van der Waals surface area contributed by atoms with Crippen molar-refractivity contribution in [2.75, 3.05) is 26.2 Å². The van der Waals surface area contributed by atoms with Gasteiger partial charge in [0.15, 0.2) is 0 Å². The van der Waals surface area contributed by atoms with E-state index in [0.29, 0.717) is 11.6 Å². The first-order chi connectivity index (χ1) is 8.69. The number of amides is 1. The van der Waals surface area contributed by atoms with Crippen LogP contribution in [0.4, 0.5) is 0 Å². The van der Waals surface area contributed by atoms with Crippen LogP contribution >= 0.6 is 0 Å². The maximum atomic E-state index is 11.9. The Bertz CT molecular complexity index is 401. The summed E-state index contributed by atoms with van der Waals surface area (Å²) in [6.07, 6.45) is 4.23. The van der Waals surface area contributed by atoms with Crippen molar-refractivity contribution in [3.63, 3.8) is 0 Å². The van der Waals surface area contributed by atoms with Crippen LogP contribution in [0.25, 0.3) is 0 Å². The fraction of sp³-hybridized carbons (Fsp3) is 0.692. The van der Waals surface area contributed by atoms with Crippen LogP contribution in [-0.4, -0.2) is 46.8 Å². The van der Waals surface area contributed by atoms with E-state index in [0.717, 1.165) is 19.6 Å². The lowest BCUT2D eigenvalue weighted by Crippen LogP contribution is -2.40. The summed E-state index contributed by atoms with van der Waals surface area (Å²) in [6.45, 7) is 6.34. The van der Waals surface area contributed by atoms with E-state index >= 15 is 0 Å². The molecule has 1 unspecified atom stereocenters. The van der Waals surface area contributed by atoms with Crippen molar-refractivity contribution in [1.29, 1.82) is 0 Å². The molecule has 2 heterocycles. The smallest absolute Gasteiger partial charge is 0.271 e. The van der Waals surface area contributed by atoms with E-state index in [-0.39, 0.29) is 5.91 Å². The minimum atomic E-state index is -0.0655. The first-order valence-electron chi connectivity index (χ1n) is 6.69. The molecular formula is C13H22N4O. The number of piperidine rings is 1. The fourth-order valence-electron chi connectivity index (χ4n) is 2.47. The SMILES string of the molecule is CCN1CCCC(CNC(=O)c2ccn(C)n2)C1. The van der Waals surface area contributed by atoms with E-state index in [4.69, 9.17) is 0 Å². The average Bonchev–Trinajstić information content (AvgIpc) is 2.83. The third-order valence-corrected chi connectivity index (χ3v) is 3.55. The molecule has 1 aromatic heterocycles. The first-order valence-corrected chi connectivity index (χ1v) is 6.69. The molecule has 0 saturated carbocycles. The summed E-state index contributed by atoms with van der Waals surface area (Å²) in [7, 11) is 1.82. The van der Waals surface area contributed by atoms with Gasteiger partial charge in [0, 0.05) is 26.3 Å². The van der Waals surface area contributed by atoms with Gasteiger partial charge in [0.25, 0.3) is 5.91 Å². The number of nitrogens with zero attached hydrogens (tertiary/aromatic N) is 3. The van der Waals surface area contributed by atoms with E-state index in [1.54, 1.807) is 16.9 Å². The van der Waals surface area contributed by atoms with E-state index in [1.165, 1.54) is 19.4 Å². The molecule has 0 aliphatic carbocycles. The molecule has 1 atom stereocenters. The Morgan fingerprint density at radius 1 is 1.61 bits per heavy atom. The molecule has 1 amide bonds. The molecule has 100 valence electrons. The van der Waals surface area contributed by atoms with Crippen LogP contribution in [0, 0.1) is 5.92 Å². The topological polar surface area (TPSA) is 50.2 Å². The Morgan fingerprint density at radius 3 is 3.11 bits per heavy atom. The molecule has 5 nitrogen and oxygen atoms in total. The van der Waals surface area contributed by atoms with Gasteiger partial charge in [-0.15, -0.1) is 0 Å². The molecule has 0 spiro atoms. The van der Waals surface area contributed by atoms with Gasteiger partial charge in [0.2, 0.25) is 0 Å². The van der Waals surface area contributed by atoms with Crippen molar-refractivity contribution in [2.24, 2.45) is 13.0 Å². The summed E-state index contributed by atoms with van der Waals surface area (Å²) in [4.78, 5) is 14.3. The number of hydrogen-bond donors (Lipinski definition) is 1. The zero-order chi connectivity index (χ0) is 13.0. The lowest BCUT2D eigenvalue weighted by molar-refractivity contribution is 0.0928. The highest BCUT2D eigenvalue weighted by Crippen LogP contribution is 2.15. The third kappa shape index (κ3) is 3.32. The molecular weight excluding hydrogens is 228 g/mol. The van der Waals surface area contributed by atoms with Crippen LogP contribution in [-0.2, 0) is 7.05 Å². The van der Waals surface area contributed by atoms with Crippen LogP contribution in [0.15, 0.2) is 12.3 Å². The van der Waals surface area contributed by atoms with Crippen molar-refractivity contribution in [3.05, 3.63) is 18.0 Å². The van der Waals surface area contributed by atoms with Crippen LogP contribution in [0.3, 0.4) is 0 Å². The zero-order valence-electron chi connectivity index (χ0n) is 11.2. The van der Waals surface area contributed by atoms with Gasteiger partial charge in [0.05, 0.1) is 0 Å². The second-order valence-electron chi connectivity index (χ2n) is 4.99. The molecule has 0 bridgehead atoms. The van der Waals surface area contributed by atoms with Gasteiger partial charge in [-0.2, -0.15) is 5.10 Å². The fourth-order valence-corrected chi connectivity index (χ4v) is 2.47. The van der Waals surface area contributed by atoms with Gasteiger partial charge in [-0.1, -0.05) is 6.92 Å². The van der Waals surface area contributed by atoms with Crippen LogP contribution in [0.2, 0.25) is 0 Å². The standard InChI is InChI=1S/C13H22N4O/c1-3-17-7-4-5-11(10-17)9-14-13(18)12-6-8-16(2)15-12/h6,8,11H,3-5,7,9-10H2,1-2H3,(H,14,18). The molecule has 1 N–H and O–H groups in total. The van der Waals surface area contributed by atoms with Crippen molar-refractivity contribution in [1.82, 2.24) is 20.0 Å². The number of carbonyl (C=O) groups excluding carboxylic acids is 1. The molecule has 1 aromatic rings. The number of rotatable bonds is 4. The molecule has 1 aliphatic rings. The molecule has 1 aliphatic heterocycles. The Kier molecular flexibility index (Phi) is 4.36. The molecule has 2 rings (SSSR count). The summed E-state index contributed by atoms with van der Waals surface area (Å²) >= 11 is 0. The number of likely N-dealkylation sites (tertiary alicyclic amines) is 1. The Hall–Kier alpha value is -1.36. The summed E-state index contributed by atoms with van der Waals surface area (Å²) in [6, 6.07) is 1.74. The van der Waals surface area contributed by atoms with E-state index < -0.39 is 0 Å². The second-order valence-corrected chi connectivity index (χ2v) is 4.99. The summed E-state index contributed by atoms with van der Waals surface area (Å²) < 4.78 is 1.65. The van der Waals surface area contributed by atoms with Crippen LogP contribution in [0.5, 0.6) is 0 Å². The third-order valence-electron chi connectivity index (χ3n) is 3.55. The quantitative estimate of drug-likeness (QED) is 0.863. The van der Waals surface area contributed by atoms with E-state index in [9.17, 15) is 4.79 Å². The Labute approximate surface area is 108 Å². The van der Waals surface area contributed by atoms with Crippen molar-refractivity contribution >= 4 is 5.91 Å².